The summed E-state index contributed by atoms with van der Waals surface area (Å²) in [6.07, 6.45) is 1.98. The van der Waals surface area contributed by atoms with Gasteiger partial charge in [0.1, 0.15) is 17.7 Å². The molecular weight excluding hydrogens is 322 g/mol. The Bertz CT molecular complexity index is 773. The molecule has 132 valence electrons. The number of rotatable bonds is 6. The van der Waals surface area contributed by atoms with E-state index < -0.39 is 17.9 Å². The number of esters is 1. The maximum Gasteiger partial charge on any atom is 0.317 e. The number of benzene rings is 1. The Morgan fingerprint density at radius 1 is 1.40 bits per heavy atom. The minimum atomic E-state index is -0.670. The van der Waals surface area contributed by atoms with Crippen molar-refractivity contribution in [1.29, 1.82) is 0 Å². The lowest BCUT2D eigenvalue weighted by Gasteiger charge is -2.32. The van der Waals surface area contributed by atoms with Gasteiger partial charge in [0.15, 0.2) is 0 Å². The van der Waals surface area contributed by atoms with Gasteiger partial charge in [0.2, 0.25) is 5.95 Å². The molecule has 2 heterocycles. The van der Waals surface area contributed by atoms with Crippen LogP contribution in [0.1, 0.15) is 31.4 Å². The number of carbonyl (C=O) groups is 1. The highest BCUT2D eigenvalue weighted by Crippen LogP contribution is 2.40. The Hall–Kier alpha value is -2.90. The second-order valence-corrected chi connectivity index (χ2v) is 5.78. The van der Waals surface area contributed by atoms with Crippen LogP contribution in [0.25, 0.3) is 0 Å². The largest absolute Gasteiger partial charge is 0.493 e. The van der Waals surface area contributed by atoms with E-state index in [2.05, 4.69) is 34.3 Å². The maximum absolute atomic E-state index is 12.4. The van der Waals surface area contributed by atoms with E-state index >= 15 is 0 Å². The molecular formula is C17H21N5O3. The highest BCUT2D eigenvalue weighted by molar-refractivity contribution is 5.79. The van der Waals surface area contributed by atoms with Gasteiger partial charge in [-0.05, 0) is 22.9 Å². The summed E-state index contributed by atoms with van der Waals surface area (Å²) in [7, 11) is 1.35. The number of aromatic nitrogens is 4. The van der Waals surface area contributed by atoms with E-state index in [9.17, 15) is 4.79 Å². The molecule has 0 spiro atoms. The standard InChI is InChI=1S/C17H21N5O3/c1-4-5-10-25-13-9-7-6-8-12(13)15-14(16(23)24-3)11(2)18-17-19-20-21-22(15)17/h6-9,14-15H,2,4-5,10H2,1,3H3,(H,18,19,21)/t14-,15+/m0/s1. The number of hydrogen-bond acceptors (Lipinski definition) is 7. The van der Waals surface area contributed by atoms with E-state index in [-0.39, 0.29) is 0 Å². The Kier molecular flexibility index (Phi) is 4.97. The van der Waals surface area contributed by atoms with Gasteiger partial charge in [-0.15, -0.1) is 0 Å². The summed E-state index contributed by atoms with van der Waals surface area (Å²) in [5.41, 5.74) is 1.30. The number of nitrogens with zero attached hydrogens (tertiary/aromatic N) is 4. The van der Waals surface area contributed by atoms with Crippen LogP contribution in [0.15, 0.2) is 36.5 Å². The molecule has 0 saturated heterocycles. The van der Waals surface area contributed by atoms with Gasteiger partial charge in [-0.3, -0.25) is 4.79 Å². The van der Waals surface area contributed by atoms with Crippen LogP contribution in [0.5, 0.6) is 5.75 Å². The first kappa shape index (κ1) is 16.9. The van der Waals surface area contributed by atoms with Crippen LogP contribution in [0.4, 0.5) is 5.95 Å². The second-order valence-electron chi connectivity index (χ2n) is 5.78. The molecule has 1 aliphatic heterocycles. The molecule has 0 unspecified atom stereocenters. The third kappa shape index (κ3) is 3.19. The first-order chi connectivity index (χ1) is 12.2. The molecule has 0 fully saturated rings. The van der Waals surface area contributed by atoms with Crippen LogP contribution in [0, 0.1) is 5.92 Å². The Morgan fingerprint density at radius 3 is 2.96 bits per heavy atom. The van der Waals surface area contributed by atoms with Gasteiger partial charge < -0.3 is 14.8 Å². The van der Waals surface area contributed by atoms with Gasteiger partial charge >= 0.3 is 5.97 Å². The summed E-state index contributed by atoms with van der Waals surface area (Å²) in [5, 5.41) is 14.7. The molecule has 0 radical (unpaired) electrons. The van der Waals surface area contributed by atoms with Gasteiger partial charge in [-0.1, -0.05) is 43.2 Å². The average molecular weight is 343 g/mol. The van der Waals surface area contributed by atoms with Crippen molar-refractivity contribution in [3.05, 3.63) is 42.1 Å². The number of unbranched alkanes of at least 4 members (excludes halogenated alkanes) is 1. The molecule has 1 aromatic heterocycles. The molecule has 8 nitrogen and oxygen atoms in total. The molecule has 25 heavy (non-hydrogen) atoms. The number of para-hydroxylation sites is 1. The van der Waals surface area contributed by atoms with Crippen molar-refractivity contribution in [3.63, 3.8) is 0 Å². The van der Waals surface area contributed by atoms with E-state index in [0.29, 0.717) is 24.0 Å². The van der Waals surface area contributed by atoms with Gasteiger partial charge in [-0.2, -0.15) is 0 Å². The first-order valence-corrected chi connectivity index (χ1v) is 8.20. The van der Waals surface area contributed by atoms with Crippen LogP contribution >= 0.6 is 0 Å². The van der Waals surface area contributed by atoms with Crippen molar-refractivity contribution < 1.29 is 14.3 Å². The van der Waals surface area contributed by atoms with Gasteiger partial charge in [0.05, 0.1) is 13.7 Å². The van der Waals surface area contributed by atoms with E-state index in [1.54, 1.807) is 4.68 Å². The second kappa shape index (κ2) is 7.33. The lowest BCUT2D eigenvalue weighted by Crippen LogP contribution is -2.37. The average Bonchev–Trinajstić information content (AvgIpc) is 3.08. The quantitative estimate of drug-likeness (QED) is 0.635. The molecule has 2 aromatic rings. The van der Waals surface area contributed by atoms with Crippen molar-refractivity contribution in [1.82, 2.24) is 20.2 Å². The number of hydrogen-bond donors (Lipinski definition) is 1. The number of anilines is 1. The van der Waals surface area contributed by atoms with Crippen molar-refractivity contribution >= 4 is 11.9 Å². The zero-order valence-corrected chi connectivity index (χ0v) is 14.3. The number of ether oxygens (including phenoxy) is 2. The molecule has 8 heteroatoms. The fraction of sp³-hybridized carbons (Fsp3) is 0.412. The molecule has 1 N–H and O–H groups in total. The summed E-state index contributed by atoms with van der Waals surface area (Å²) in [6, 6.07) is 7.09. The fourth-order valence-corrected chi connectivity index (χ4v) is 2.91. The number of fused-ring (bicyclic) bond motifs is 1. The molecule has 0 aliphatic carbocycles. The van der Waals surface area contributed by atoms with Crippen LogP contribution in [0.2, 0.25) is 0 Å². The summed E-state index contributed by atoms with van der Waals surface area (Å²) in [6.45, 7) is 6.67. The monoisotopic (exact) mass is 343 g/mol. The highest BCUT2D eigenvalue weighted by Gasteiger charge is 2.42. The minimum absolute atomic E-state index is 0.410. The number of nitrogens with one attached hydrogen (secondary N) is 1. The van der Waals surface area contributed by atoms with E-state index in [1.807, 2.05) is 24.3 Å². The summed E-state index contributed by atoms with van der Waals surface area (Å²) in [4.78, 5) is 12.4. The van der Waals surface area contributed by atoms with Crippen molar-refractivity contribution in [2.24, 2.45) is 5.92 Å². The van der Waals surface area contributed by atoms with Gasteiger partial charge in [0, 0.05) is 11.3 Å². The van der Waals surface area contributed by atoms with Crippen molar-refractivity contribution in [2.45, 2.75) is 25.8 Å². The molecule has 1 aromatic carbocycles. The molecule has 3 rings (SSSR count). The third-order valence-electron chi connectivity index (χ3n) is 4.17. The Balaban J connectivity index is 2.06. The first-order valence-electron chi connectivity index (χ1n) is 8.20. The van der Waals surface area contributed by atoms with E-state index in [1.165, 1.54) is 7.11 Å². The number of methoxy groups -OCH3 is 1. The summed E-state index contributed by atoms with van der Waals surface area (Å²) in [5.74, 6) is 0.0495. The smallest absolute Gasteiger partial charge is 0.317 e. The summed E-state index contributed by atoms with van der Waals surface area (Å²) < 4.78 is 12.5. The molecule has 0 saturated carbocycles. The van der Waals surface area contributed by atoms with Gasteiger partial charge in [-0.25, -0.2) is 4.68 Å². The normalized spacial score (nSPS) is 19.0. The summed E-state index contributed by atoms with van der Waals surface area (Å²) >= 11 is 0. The van der Waals surface area contributed by atoms with E-state index in [0.717, 1.165) is 18.4 Å². The van der Waals surface area contributed by atoms with Crippen molar-refractivity contribution in [3.8, 4) is 5.75 Å². The van der Waals surface area contributed by atoms with Crippen LogP contribution in [0.3, 0.4) is 0 Å². The molecule has 2 atom stereocenters. The fourth-order valence-electron chi connectivity index (χ4n) is 2.91. The van der Waals surface area contributed by atoms with E-state index in [4.69, 9.17) is 9.47 Å². The zero-order valence-electron chi connectivity index (χ0n) is 14.3. The molecule has 0 bridgehead atoms. The number of carbonyl (C=O) groups excluding carboxylic acids is 1. The highest BCUT2D eigenvalue weighted by atomic mass is 16.5. The lowest BCUT2D eigenvalue weighted by atomic mass is 9.88. The lowest BCUT2D eigenvalue weighted by molar-refractivity contribution is -0.145. The molecule has 1 aliphatic rings. The third-order valence-corrected chi connectivity index (χ3v) is 4.17. The Labute approximate surface area is 145 Å². The van der Waals surface area contributed by atoms with Crippen LogP contribution < -0.4 is 10.1 Å². The minimum Gasteiger partial charge on any atom is -0.493 e. The van der Waals surface area contributed by atoms with Gasteiger partial charge in [0.25, 0.3) is 0 Å². The topological polar surface area (TPSA) is 91.2 Å². The predicted octanol–water partition coefficient (Wildman–Crippen LogP) is 2.17. The van der Waals surface area contributed by atoms with Crippen LogP contribution in [-0.2, 0) is 9.53 Å². The zero-order chi connectivity index (χ0) is 17.8. The van der Waals surface area contributed by atoms with Crippen LogP contribution in [-0.4, -0.2) is 39.9 Å². The maximum atomic E-state index is 12.4. The molecule has 0 amide bonds. The number of tetrazole rings is 1. The SMILES string of the molecule is C=C1Nc2nnnn2[C@H](c2ccccc2OCCCC)[C@H]1C(=O)OC. The predicted molar refractivity (Wildman–Crippen MR) is 91.1 cm³/mol. The Morgan fingerprint density at radius 2 is 2.20 bits per heavy atom. The van der Waals surface area contributed by atoms with Crippen molar-refractivity contribution in [2.75, 3.05) is 19.0 Å².